The number of aromatic nitrogens is 1. The molecular weight excluding hydrogens is 370 g/mol. The van der Waals surface area contributed by atoms with Gasteiger partial charge >= 0.3 is 0 Å². The van der Waals surface area contributed by atoms with Crippen LogP contribution in [0.2, 0.25) is 0 Å². The van der Waals surface area contributed by atoms with Gasteiger partial charge in [-0.3, -0.25) is 4.79 Å². The average molecular weight is 396 g/mol. The van der Waals surface area contributed by atoms with Gasteiger partial charge in [-0.1, -0.05) is 66.2 Å². The molecule has 0 aliphatic heterocycles. The maximum atomic E-state index is 13.0. The van der Waals surface area contributed by atoms with Crippen LogP contribution in [0.1, 0.15) is 27.0 Å². The number of nitrogens with zero attached hydrogens (tertiary/aromatic N) is 1. The van der Waals surface area contributed by atoms with Crippen LogP contribution in [0, 0.1) is 13.8 Å². The molecule has 1 heterocycles. The minimum absolute atomic E-state index is 0.0896. The summed E-state index contributed by atoms with van der Waals surface area (Å²) in [5, 5.41) is 7.28. The van der Waals surface area contributed by atoms with Gasteiger partial charge in [-0.2, -0.15) is 0 Å². The van der Waals surface area contributed by atoms with Gasteiger partial charge in [0, 0.05) is 17.6 Å². The van der Waals surface area contributed by atoms with Gasteiger partial charge in [-0.25, -0.2) is 4.98 Å². The quantitative estimate of drug-likeness (QED) is 0.449. The standard InChI is InChI=1S/C26H25N3O/c1-18-12-13-23(19(2)16-18)28-25-17-22(21-10-6-7-11-24(21)29-25)26(30)27-15-14-20-8-4-3-5-9-20/h3-13,16-17H,14-15H2,1-2H3,(H,27,30)(H,28,29). The molecule has 0 saturated carbocycles. The van der Waals surface area contributed by atoms with E-state index in [-0.39, 0.29) is 5.91 Å². The van der Waals surface area contributed by atoms with E-state index in [0.29, 0.717) is 17.9 Å². The number of amides is 1. The van der Waals surface area contributed by atoms with Crippen LogP contribution >= 0.6 is 0 Å². The van der Waals surface area contributed by atoms with Crippen LogP contribution in [0.3, 0.4) is 0 Å². The molecule has 150 valence electrons. The molecule has 1 amide bonds. The molecule has 3 aromatic carbocycles. The molecular formula is C26H25N3O. The third-order valence-corrected chi connectivity index (χ3v) is 5.15. The Bertz CT molecular complexity index is 1190. The molecule has 0 saturated heterocycles. The first-order valence-electron chi connectivity index (χ1n) is 10.2. The summed E-state index contributed by atoms with van der Waals surface area (Å²) in [5.74, 6) is 0.571. The van der Waals surface area contributed by atoms with Crippen molar-refractivity contribution in [2.45, 2.75) is 20.3 Å². The van der Waals surface area contributed by atoms with Crippen LogP contribution in [-0.4, -0.2) is 17.4 Å². The Labute approximate surface area is 177 Å². The van der Waals surface area contributed by atoms with E-state index in [0.717, 1.165) is 28.6 Å². The lowest BCUT2D eigenvalue weighted by molar-refractivity contribution is 0.0956. The van der Waals surface area contributed by atoms with E-state index in [4.69, 9.17) is 4.98 Å². The lowest BCUT2D eigenvalue weighted by Crippen LogP contribution is -2.26. The van der Waals surface area contributed by atoms with Crippen molar-refractivity contribution < 1.29 is 4.79 Å². The fraction of sp³-hybridized carbons (Fsp3) is 0.154. The molecule has 4 nitrogen and oxygen atoms in total. The van der Waals surface area contributed by atoms with Crippen molar-refractivity contribution in [1.82, 2.24) is 10.3 Å². The van der Waals surface area contributed by atoms with Crippen molar-refractivity contribution in [2.75, 3.05) is 11.9 Å². The minimum atomic E-state index is -0.0896. The van der Waals surface area contributed by atoms with E-state index in [1.165, 1.54) is 11.1 Å². The number of hydrogen-bond donors (Lipinski definition) is 2. The Morgan fingerprint density at radius 1 is 0.900 bits per heavy atom. The zero-order chi connectivity index (χ0) is 20.9. The van der Waals surface area contributed by atoms with Crippen LogP contribution in [-0.2, 0) is 6.42 Å². The Kier molecular flexibility index (Phi) is 5.75. The molecule has 2 N–H and O–H groups in total. The first-order chi connectivity index (χ1) is 14.6. The molecule has 0 bridgehead atoms. The van der Waals surface area contributed by atoms with Crippen LogP contribution in [0.15, 0.2) is 78.9 Å². The van der Waals surface area contributed by atoms with Gasteiger partial charge in [-0.15, -0.1) is 0 Å². The Hall–Kier alpha value is -3.66. The monoisotopic (exact) mass is 395 g/mol. The van der Waals surface area contributed by atoms with Gasteiger partial charge in [-0.05, 0) is 49.6 Å². The molecule has 0 atom stereocenters. The van der Waals surface area contributed by atoms with Gasteiger partial charge < -0.3 is 10.6 Å². The summed E-state index contributed by atoms with van der Waals surface area (Å²) in [7, 11) is 0. The number of anilines is 2. The molecule has 4 heteroatoms. The fourth-order valence-corrected chi connectivity index (χ4v) is 3.58. The molecule has 0 fully saturated rings. The number of pyridine rings is 1. The molecule has 30 heavy (non-hydrogen) atoms. The predicted molar refractivity (Wildman–Crippen MR) is 123 cm³/mol. The van der Waals surface area contributed by atoms with Gasteiger partial charge in [0.25, 0.3) is 5.91 Å². The predicted octanol–water partition coefficient (Wildman–Crippen LogP) is 5.57. The first-order valence-corrected chi connectivity index (χ1v) is 10.2. The highest BCUT2D eigenvalue weighted by Gasteiger charge is 2.13. The van der Waals surface area contributed by atoms with Crippen LogP contribution in [0.4, 0.5) is 11.5 Å². The Balaban J connectivity index is 1.59. The second-order valence-corrected chi connectivity index (χ2v) is 7.51. The van der Waals surface area contributed by atoms with Crippen molar-refractivity contribution in [3.63, 3.8) is 0 Å². The number of benzene rings is 3. The highest BCUT2D eigenvalue weighted by atomic mass is 16.1. The van der Waals surface area contributed by atoms with E-state index in [2.05, 4.69) is 48.7 Å². The largest absolute Gasteiger partial charge is 0.352 e. The van der Waals surface area contributed by atoms with E-state index in [1.807, 2.05) is 54.6 Å². The van der Waals surface area contributed by atoms with Crippen molar-refractivity contribution in [3.8, 4) is 0 Å². The lowest BCUT2D eigenvalue weighted by atomic mass is 10.1. The number of aryl methyl sites for hydroxylation is 2. The van der Waals surface area contributed by atoms with Gasteiger partial charge in [0.2, 0.25) is 0 Å². The van der Waals surface area contributed by atoms with Crippen LogP contribution in [0.25, 0.3) is 10.9 Å². The topological polar surface area (TPSA) is 54.0 Å². The third-order valence-electron chi connectivity index (χ3n) is 5.15. The number of fused-ring (bicyclic) bond motifs is 1. The number of para-hydroxylation sites is 1. The minimum Gasteiger partial charge on any atom is -0.352 e. The molecule has 1 aromatic heterocycles. The summed E-state index contributed by atoms with van der Waals surface area (Å²) < 4.78 is 0. The van der Waals surface area contributed by atoms with Gasteiger partial charge in [0.15, 0.2) is 0 Å². The molecule has 4 aromatic rings. The molecule has 4 rings (SSSR count). The second-order valence-electron chi connectivity index (χ2n) is 7.51. The molecule has 0 unspecified atom stereocenters. The summed E-state index contributed by atoms with van der Waals surface area (Å²) in [6, 6.07) is 26.0. The summed E-state index contributed by atoms with van der Waals surface area (Å²) in [4.78, 5) is 17.7. The van der Waals surface area contributed by atoms with Crippen molar-refractivity contribution in [1.29, 1.82) is 0 Å². The number of carbonyl (C=O) groups excluding carboxylic acids is 1. The lowest BCUT2D eigenvalue weighted by Gasteiger charge is -2.13. The number of hydrogen-bond acceptors (Lipinski definition) is 3. The fourth-order valence-electron chi connectivity index (χ4n) is 3.58. The summed E-state index contributed by atoms with van der Waals surface area (Å²) in [6.07, 6.45) is 0.795. The molecule has 0 spiro atoms. The van der Waals surface area contributed by atoms with Crippen LogP contribution in [0.5, 0.6) is 0 Å². The molecule has 0 aliphatic rings. The smallest absolute Gasteiger partial charge is 0.252 e. The van der Waals surface area contributed by atoms with Gasteiger partial charge in [0.05, 0.1) is 11.1 Å². The van der Waals surface area contributed by atoms with E-state index in [1.54, 1.807) is 0 Å². The van der Waals surface area contributed by atoms with Crippen LogP contribution < -0.4 is 10.6 Å². The highest BCUT2D eigenvalue weighted by molar-refractivity contribution is 6.07. The third kappa shape index (κ3) is 4.49. The first kappa shape index (κ1) is 19.6. The maximum Gasteiger partial charge on any atom is 0.252 e. The van der Waals surface area contributed by atoms with E-state index < -0.39 is 0 Å². The van der Waals surface area contributed by atoms with Crippen molar-refractivity contribution >= 4 is 28.3 Å². The second kappa shape index (κ2) is 8.78. The maximum absolute atomic E-state index is 13.0. The van der Waals surface area contributed by atoms with Crippen molar-refractivity contribution in [2.24, 2.45) is 0 Å². The normalized spacial score (nSPS) is 10.7. The molecule has 0 radical (unpaired) electrons. The summed E-state index contributed by atoms with van der Waals surface area (Å²) in [6.45, 7) is 4.72. The average Bonchev–Trinajstić information content (AvgIpc) is 2.76. The SMILES string of the molecule is Cc1ccc(Nc2cc(C(=O)NCCc3ccccc3)c3ccccc3n2)c(C)c1. The highest BCUT2D eigenvalue weighted by Crippen LogP contribution is 2.25. The number of carbonyl (C=O) groups is 1. The zero-order valence-corrected chi connectivity index (χ0v) is 17.3. The summed E-state index contributed by atoms with van der Waals surface area (Å²) >= 11 is 0. The Morgan fingerprint density at radius 3 is 2.47 bits per heavy atom. The number of nitrogens with one attached hydrogen (secondary N) is 2. The Morgan fingerprint density at radius 2 is 1.67 bits per heavy atom. The molecule has 0 aliphatic carbocycles. The van der Waals surface area contributed by atoms with Crippen molar-refractivity contribution in [3.05, 3.63) is 101 Å². The summed E-state index contributed by atoms with van der Waals surface area (Å²) in [5.41, 5.74) is 5.96. The number of rotatable bonds is 6. The van der Waals surface area contributed by atoms with Gasteiger partial charge in [0.1, 0.15) is 5.82 Å². The van der Waals surface area contributed by atoms with E-state index in [9.17, 15) is 4.79 Å². The van der Waals surface area contributed by atoms with E-state index >= 15 is 0 Å². The zero-order valence-electron chi connectivity index (χ0n) is 17.3.